The number of rotatable bonds is 4. The second-order valence-corrected chi connectivity index (χ2v) is 5.15. The molecule has 7 nitrogen and oxygen atoms in total. The van der Waals surface area contributed by atoms with Gasteiger partial charge in [0.15, 0.2) is 0 Å². The molecule has 0 radical (unpaired) electrons. The smallest absolute Gasteiger partial charge is 0.320 e. The maximum absolute atomic E-state index is 12.4. The first-order valence-corrected chi connectivity index (χ1v) is 6.87. The van der Waals surface area contributed by atoms with Gasteiger partial charge in [0.1, 0.15) is 6.54 Å². The Balaban J connectivity index is 2.70. The molecule has 0 aromatic heterocycles. The number of nitrogens with zero attached hydrogens (tertiary/aromatic N) is 3. The quantitative estimate of drug-likeness (QED) is 0.806. The normalized spacial score (nSPS) is 17.6. The lowest BCUT2D eigenvalue weighted by Gasteiger charge is -2.29. The van der Waals surface area contributed by atoms with Crippen LogP contribution in [0.25, 0.3) is 0 Å². The standard InChI is InChI=1S/C13H23N3O4/c1-4-15(8-10(2)12(18)19)13(20)16-7-5-6-14(3)11(17)9-16/h10H,4-9H2,1-3H3,(H,18,19). The van der Waals surface area contributed by atoms with Gasteiger partial charge in [-0.3, -0.25) is 9.59 Å². The van der Waals surface area contributed by atoms with E-state index in [1.807, 2.05) is 0 Å². The van der Waals surface area contributed by atoms with Crippen molar-refractivity contribution in [2.45, 2.75) is 20.3 Å². The Morgan fingerprint density at radius 2 is 2.05 bits per heavy atom. The number of carboxylic acids is 1. The van der Waals surface area contributed by atoms with E-state index in [0.29, 0.717) is 19.6 Å². The van der Waals surface area contributed by atoms with E-state index >= 15 is 0 Å². The van der Waals surface area contributed by atoms with Crippen molar-refractivity contribution in [1.82, 2.24) is 14.7 Å². The third-order valence-electron chi connectivity index (χ3n) is 3.51. The first kappa shape index (κ1) is 16.3. The van der Waals surface area contributed by atoms with Crippen LogP contribution in [0.2, 0.25) is 0 Å². The monoisotopic (exact) mass is 285 g/mol. The van der Waals surface area contributed by atoms with Crippen LogP contribution in [0.15, 0.2) is 0 Å². The summed E-state index contributed by atoms with van der Waals surface area (Å²) >= 11 is 0. The summed E-state index contributed by atoms with van der Waals surface area (Å²) in [6.07, 6.45) is 0.736. The highest BCUT2D eigenvalue weighted by Crippen LogP contribution is 2.09. The van der Waals surface area contributed by atoms with E-state index in [9.17, 15) is 14.4 Å². The fourth-order valence-electron chi connectivity index (χ4n) is 2.10. The average molecular weight is 285 g/mol. The zero-order valence-electron chi connectivity index (χ0n) is 12.3. The molecule has 20 heavy (non-hydrogen) atoms. The minimum absolute atomic E-state index is 0.0628. The number of carbonyl (C=O) groups is 3. The molecule has 1 aliphatic rings. The molecule has 1 rings (SSSR count). The lowest BCUT2D eigenvalue weighted by atomic mass is 10.2. The van der Waals surface area contributed by atoms with E-state index in [1.165, 1.54) is 9.80 Å². The molecule has 0 bridgehead atoms. The lowest BCUT2D eigenvalue weighted by Crippen LogP contribution is -2.47. The Morgan fingerprint density at radius 3 is 2.60 bits per heavy atom. The van der Waals surface area contributed by atoms with Crippen molar-refractivity contribution in [3.8, 4) is 0 Å². The second kappa shape index (κ2) is 7.12. The molecule has 1 atom stereocenters. The number of hydrogen-bond donors (Lipinski definition) is 1. The van der Waals surface area contributed by atoms with Crippen molar-refractivity contribution in [3.05, 3.63) is 0 Å². The van der Waals surface area contributed by atoms with Gasteiger partial charge >= 0.3 is 12.0 Å². The van der Waals surface area contributed by atoms with Crippen LogP contribution in [0.4, 0.5) is 4.79 Å². The number of amides is 3. The van der Waals surface area contributed by atoms with Gasteiger partial charge in [0.05, 0.1) is 5.92 Å². The molecule has 1 unspecified atom stereocenters. The van der Waals surface area contributed by atoms with Gasteiger partial charge in [-0.05, 0) is 13.3 Å². The molecule has 1 N–H and O–H groups in total. The number of urea groups is 1. The molecule has 0 aromatic rings. The molecule has 1 fully saturated rings. The van der Waals surface area contributed by atoms with Crippen LogP contribution in [-0.4, -0.2) is 77.5 Å². The maximum atomic E-state index is 12.4. The van der Waals surface area contributed by atoms with E-state index in [-0.39, 0.29) is 25.0 Å². The first-order valence-electron chi connectivity index (χ1n) is 6.87. The highest BCUT2D eigenvalue weighted by molar-refractivity contribution is 5.84. The van der Waals surface area contributed by atoms with Crippen molar-refractivity contribution in [2.24, 2.45) is 5.92 Å². The Hall–Kier alpha value is -1.79. The van der Waals surface area contributed by atoms with Gasteiger partial charge in [-0.15, -0.1) is 0 Å². The summed E-state index contributed by atoms with van der Waals surface area (Å²) < 4.78 is 0. The summed E-state index contributed by atoms with van der Waals surface area (Å²) in [5.74, 6) is -1.63. The van der Waals surface area contributed by atoms with Gasteiger partial charge in [0.25, 0.3) is 0 Å². The van der Waals surface area contributed by atoms with Gasteiger partial charge in [-0.1, -0.05) is 6.92 Å². The molecular formula is C13H23N3O4. The van der Waals surface area contributed by atoms with Crippen LogP contribution < -0.4 is 0 Å². The van der Waals surface area contributed by atoms with Gasteiger partial charge < -0.3 is 19.8 Å². The van der Waals surface area contributed by atoms with E-state index in [4.69, 9.17) is 5.11 Å². The third-order valence-corrected chi connectivity index (χ3v) is 3.51. The third kappa shape index (κ3) is 4.11. The maximum Gasteiger partial charge on any atom is 0.320 e. The number of likely N-dealkylation sites (N-methyl/N-ethyl adjacent to an activating group) is 1. The van der Waals surface area contributed by atoms with Gasteiger partial charge in [-0.2, -0.15) is 0 Å². The number of carboxylic acid groups (broad SMARTS) is 1. The van der Waals surface area contributed by atoms with Crippen molar-refractivity contribution < 1.29 is 19.5 Å². The number of carbonyl (C=O) groups excluding carboxylic acids is 2. The Bertz CT molecular complexity index is 386. The molecule has 0 spiro atoms. The number of hydrogen-bond acceptors (Lipinski definition) is 3. The van der Waals surface area contributed by atoms with Crippen LogP contribution in [0.1, 0.15) is 20.3 Å². The zero-order chi connectivity index (χ0) is 15.3. The first-order chi connectivity index (χ1) is 9.36. The molecule has 1 heterocycles. The summed E-state index contributed by atoms with van der Waals surface area (Å²) in [4.78, 5) is 39.7. The molecule has 0 aromatic carbocycles. The van der Waals surface area contributed by atoms with Crippen molar-refractivity contribution >= 4 is 17.9 Å². The summed E-state index contributed by atoms with van der Waals surface area (Å²) in [5, 5.41) is 8.93. The minimum Gasteiger partial charge on any atom is -0.481 e. The molecule has 1 aliphatic heterocycles. The molecule has 0 aliphatic carbocycles. The molecule has 114 valence electrons. The van der Waals surface area contributed by atoms with E-state index in [1.54, 1.807) is 25.8 Å². The fourth-order valence-corrected chi connectivity index (χ4v) is 2.10. The SMILES string of the molecule is CCN(CC(C)C(=O)O)C(=O)N1CCCN(C)C(=O)C1. The Labute approximate surface area is 119 Å². The second-order valence-electron chi connectivity index (χ2n) is 5.15. The average Bonchev–Trinajstić information content (AvgIpc) is 2.57. The highest BCUT2D eigenvalue weighted by Gasteiger charge is 2.27. The molecule has 3 amide bonds. The summed E-state index contributed by atoms with van der Waals surface area (Å²) in [6.45, 7) is 5.18. The van der Waals surface area contributed by atoms with E-state index in [2.05, 4.69) is 0 Å². The highest BCUT2D eigenvalue weighted by atomic mass is 16.4. The minimum atomic E-state index is -0.928. The van der Waals surface area contributed by atoms with Gasteiger partial charge in [0, 0.05) is 33.2 Å². The van der Waals surface area contributed by atoms with Gasteiger partial charge in [0.2, 0.25) is 5.91 Å². The van der Waals surface area contributed by atoms with Gasteiger partial charge in [-0.25, -0.2) is 4.79 Å². The van der Waals surface area contributed by atoms with E-state index < -0.39 is 11.9 Å². The summed E-state index contributed by atoms with van der Waals surface area (Å²) in [5.41, 5.74) is 0. The van der Waals surface area contributed by atoms with Crippen LogP contribution in [0, 0.1) is 5.92 Å². The summed E-state index contributed by atoms with van der Waals surface area (Å²) in [7, 11) is 1.72. The topological polar surface area (TPSA) is 81.2 Å². The molecule has 1 saturated heterocycles. The fraction of sp³-hybridized carbons (Fsp3) is 0.769. The van der Waals surface area contributed by atoms with Crippen LogP contribution in [0.5, 0.6) is 0 Å². The molecular weight excluding hydrogens is 262 g/mol. The Kier molecular flexibility index (Phi) is 5.79. The predicted molar refractivity (Wildman–Crippen MR) is 73.3 cm³/mol. The van der Waals surface area contributed by atoms with Crippen LogP contribution in [0.3, 0.4) is 0 Å². The largest absolute Gasteiger partial charge is 0.481 e. The van der Waals surface area contributed by atoms with Crippen LogP contribution >= 0.6 is 0 Å². The molecule has 7 heteroatoms. The Morgan fingerprint density at radius 1 is 1.40 bits per heavy atom. The van der Waals surface area contributed by atoms with Crippen molar-refractivity contribution in [2.75, 3.05) is 39.8 Å². The lowest BCUT2D eigenvalue weighted by molar-refractivity contribution is -0.141. The number of aliphatic carboxylic acids is 1. The van der Waals surface area contributed by atoms with E-state index in [0.717, 1.165) is 6.42 Å². The van der Waals surface area contributed by atoms with Crippen molar-refractivity contribution in [1.29, 1.82) is 0 Å². The summed E-state index contributed by atoms with van der Waals surface area (Å²) in [6, 6.07) is -0.260. The van der Waals surface area contributed by atoms with Crippen LogP contribution in [-0.2, 0) is 9.59 Å². The molecule has 0 saturated carbocycles. The zero-order valence-corrected chi connectivity index (χ0v) is 12.3. The van der Waals surface area contributed by atoms with Crippen molar-refractivity contribution in [3.63, 3.8) is 0 Å². The predicted octanol–water partition coefficient (Wildman–Crippen LogP) is 0.313.